The van der Waals surface area contributed by atoms with Crippen LogP contribution < -0.4 is 0 Å². The summed E-state index contributed by atoms with van der Waals surface area (Å²) in [6.45, 7) is 4.96. The fourth-order valence-corrected chi connectivity index (χ4v) is 1.41. The van der Waals surface area contributed by atoms with Crippen LogP contribution in [0.2, 0.25) is 0 Å². The predicted octanol–water partition coefficient (Wildman–Crippen LogP) is 2.21. The highest BCUT2D eigenvalue weighted by Crippen LogP contribution is 2.01. The van der Waals surface area contributed by atoms with Crippen molar-refractivity contribution < 1.29 is 4.79 Å². The topological polar surface area (TPSA) is 33.2 Å². The van der Waals surface area contributed by atoms with Crippen molar-refractivity contribution in [1.82, 2.24) is 9.88 Å². The molecule has 0 bridgehead atoms. The van der Waals surface area contributed by atoms with Gasteiger partial charge < -0.3 is 4.90 Å². The number of hydrogen-bond acceptors (Lipinski definition) is 2. The van der Waals surface area contributed by atoms with Gasteiger partial charge in [0.05, 0.1) is 0 Å². The number of aromatic nitrogens is 1. The predicted molar refractivity (Wildman–Crippen MR) is 65.7 cm³/mol. The Labute approximate surface area is 96.8 Å². The van der Waals surface area contributed by atoms with Gasteiger partial charge in [-0.2, -0.15) is 0 Å². The van der Waals surface area contributed by atoms with Crippen LogP contribution in [-0.2, 0) is 4.79 Å². The molecule has 16 heavy (non-hydrogen) atoms. The van der Waals surface area contributed by atoms with Crippen LogP contribution in [0.5, 0.6) is 0 Å². The summed E-state index contributed by atoms with van der Waals surface area (Å²) in [5.74, 6) is 0.512. The van der Waals surface area contributed by atoms with Gasteiger partial charge in [0.25, 0.3) is 0 Å². The molecule has 1 aromatic rings. The highest BCUT2D eigenvalue weighted by Gasteiger charge is 2.05. The maximum atomic E-state index is 11.7. The number of carbonyl (C=O) groups is 1. The van der Waals surface area contributed by atoms with E-state index in [4.69, 9.17) is 0 Å². The first-order valence-corrected chi connectivity index (χ1v) is 5.43. The molecular weight excluding hydrogens is 200 g/mol. The molecule has 1 heterocycles. The number of hydrogen-bond donors (Lipinski definition) is 0. The molecule has 0 saturated carbocycles. The Morgan fingerprint density at radius 2 is 2.31 bits per heavy atom. The van der Waals surface area contributed by atoms with Crippen LogP contribution in [0.3, 0.4) is 0 Å². The van der Waals surface area contributed by atoms with Gasteiger partial charge in [0.15, 0.2) is 0 Å². The molecule has 1 amide bonds. The second kappa shape index (κ2) is 6.05. The average Bonchev–Trinajstić information content (AvgIpc) is 2.26. The zero-order chi connectivity index (χ0) is 12.0. The molecule has 0 N–H and O–H groups in total. The minimum atomic E-state index is 0.0255. The van der Waals surface area contributed by atoms with Crippen molar-refractivity contribution in [3.05, 3.63) is 36.2 Å². The highest BCUT2D eigenvalue weighted by atomic mass is 16.2. The molecule has 0 unspecified atom stereocenters. The number of likely N-dealkylation sites (N-methyl/N-ethyl adjacent to an activating group) is 1. The fraction of sp³-hybridized carbons (Fsp3) is 0.385. The van der Waals surface area contributed by atoms with Gasteiger partial charge in [-0.05, 0) is 23.6 Å². The number of rotatable bonds is 4. The number of nitrogens with zero attached hydrogens (tertiary/aromatic N) is 2. The third-order valence-corrected chi connectivity index (χ3v) is 2.12. The molecule has 0 radical (unpaired) electrons. The molecule has 0 fully saturated rings. The van der Waals surface area contributed by atoms with Gasteiger partial charge in [-0.25, -0.2) is 0 Å². The molecule has 0 saturated heterocycles. The van der Waals surface area contributed by atoms with E-state index in [-0.39, 0.29) is 5.91 Å². The van der Waals surface area contributed by atoms with E-state index in [0.29, 0.717) is 5.92 Å². The first-order chi connectivity index (χ1) is 7.59. The molecule has 86 valence electrons. The fourth-order valence-electron chi connectivity index (χ4n) is 1.41. The lowest BCUT2D eigenvalue weighted by molar-refractivity contribution is -0.125. The largest absolute Gasteiger partial charge is 0.342 e. The summed E-state index contributed by atoms with van der Waals surface area (Å²) >= 11 is 0. The third-order valence-electron chi connectivity index (χ3n) is 2.12. The quantitative estimate of drug-likeness (QED) is 0.726. The lowest BCUT2D eigenvalue weighted by Crippen LogP contribution is -2.28. The summed E-state index contributed by atoms with van der Waals surface area (Å²) in [5, 5.41) is 0. The molecule has 1 rings (SSSR count). The number of amides is 1. The summed E-state index contributed by atoms with van der Waals surface area (Å²) in [6, 6.07) is 3.77. The Morgan fingerprint density at radius 1 is 1.56 bits per heavy atom. The summed E-state index contributed by atoms with van der Waals surface area (Å²) in [6.07, 6.45) is 6.81. The van der Waals surface area contributed by atoms with Gasteiger partial charge >= 0.3 is 0 Å². The van der Waals surface area contributed by atoms with Gasteiger partial charge in [-0.15, -0.1) is 0 Å². The Balaban J connectivity index is 2.54. The molecule has 0 aromatic carbocycles. The molecular formula is C13H18N2O. The monoisotopic (exact) mass is 218 g/mol. The zero-order valence-electron chi connectivity index (χ0n) is 10.1. The second-order valence-corrected chi connectivity index (χ2v) is 4.23. The van der Waals surface area contributed by atoms with Gasteiger partial charge in [-0.1, -0.05) is 19.9 Å². The normalized spacial score (nSPS) is 11.0. The molecule has 0 aliphatic rings. The van der Waals surface area contributed by atoms with Crippen LogP contribution >= 0.6 is 0 Å². The first kappa shape index (κ1) is 12.4. The van der Waals surface area contributed by atoms with E-state index in [0.717, 1.165) is 12.1 Å². The Bertz CT molecular complexity index is 357. The maximum Gasteiger partial charge on any atom is 0.246 e. The van der Waals surface area contributed by atoms with E-state index in [1.54, 1.807) is 29.4 Å². The van der Waals surface area contributed by atoms with Gasteiger partial charge in [0.2, 0.25) is 5.91 Å². The zero-order valence-corrected chi connectivity index (χ0v) is 10.1. The van der Waals surface area contributed by atoms with Crippen LogP contribution in [0.25, 0.3) is 6.08 Å². The van der Waals surface area contributed by atoms with Crippen molar-refractivity contribution in [2.24, 2.45) is 5.92 Å². The highest BCUT2D eigenvalue weighted by molar-refractivity contribution is 5.91. The average molecular weight is 218 g/mol. The van der Waals surface area contributed by atoms with Crippen molar-refractivity contribution in [3.8, 4) is 0 Å². The van der Waals surface area contributed by atoms with Crippen molar-refractivity contribution >= 4 is 12.0 Å². The lowest BCUT2D eigenvalue weighted by Gasteiger charge is -2.17. The van der Waals surface area contributed by atoms with Crippen LogP contribution in [-0.4, -0.2) is 29.4 Å². The van der Waals surface area contributed by atoms with Crippen molar-refractivity contribution in [2.45, 2.75) is 13.8 Å². The molecule has 0 atom stereocenters. The van der Waals surface area contributed by atoms with Crippen LogP contribution in [0, 0.1) is 5.92 Å². The third kappa shape index (κ3) is 4.26. The Hall–Kier alpha value is -1.64. The number of carbonyl (C=O) groups excluding carboxylic acids is 1. The van der Waals surface area contributed by atoms with Crippen LogP contribution in [0.4, 0.5) is 0 Å². The van der Waals surface area contributed by atoms with Crippen LogP contribution in [0.1, 0.15) is 19.4 Å². The minimum Gasteiger partial charge on any atom is -0.342 e. The van der Waals surface area contributed by atoms with Crippen LogP contribution in [0.15, 0.2) is 30.6 Å². The van der Waals surface area contributed by atoms with E-state index >= 15 is 0 Å². The van der Waals surface area contributed by atoms with Crippen molar-refractivity contribution in [1.29, 1.82) is 0 Å². The summed E-state index contributed by atoms with van der Waals surface area (Å²) in [5.41, 5.74) is 0.939. The van der Waals surface area contributed by atoms with Gasteiger partial charge in [0, 0.05) is 32.1 Å². The molecule has 0 aliphatic heterocycles. The Kier molecular flexibility index (Phi) is 4.70. The molecule has 0 spiro atoms. The molecule has 1 aromatic heterocycles. The van der Waals surface area contributed by atoms with Crippen molar-refractivity contribution in [2.75, 3.05) is 13.6 Å². The SMILES string of the molecule is CC(C)CN(C)C(=O)/C=C/c1cccnc1. The van der Waals surface area contributed by atoms with E-state index < -0.39 is 0 Å². The van der Waals surface area contributed by atoms with E-state index in [1.807, 2.05) is 19.2 Å². The van der Waals surface area contributed by atoms with E-state index in [9.17, 15) is 4.79 Å². The first-order valence-electron chi connectivity index (χ1n) is 5.43. The van der Waals surface area contributed by atoms with Crippen molar-refractivity contribution in [3.63, 3.8) is 0 Å². The van der Waals surface area contributed by atoms with Gasteiger partial charge in [-0.3, -0.25) is 9.78 Å². The Morgan fingerprint density at radius 3 is 2.88 bits per heavy atom. The lowest BCUT2D eigenvalue weighted by atomic mass is 10.2. The standard InChI is InChI=1S/C13H18N2O/c1-11(2)10-15(3)13(16)7-6-12-5-4-8-14-9-12/h4-9,11H,10H2,1-3H3/b7-6+. The van der Waals surface area contributed by atoms with E-state index in [1.165, 1.54) is 0 Å². The molecule has 3 nitrogen and oxygen atoms in total. The molecule has 3 heteroatoms. The summed E-state index contributed by atoms with van der Waals surface area (Å²) in [4.78, 5) is 17.4. The minimum absolute atomic E-state index is 0.0255. The van der Waals surface area contributed by atoms with Gasteiger partial charge in [0.1, 0.15) is 0 Å². The summed E-state index contributed by atoms with van der Waals surface area (Å²) in [7, 11) is 1.82. The smallest absolute Gasteiger partial charge is 0.246 e. The van der Waals surface area contributed by atoms with E-state index in [2.05, 4.69) is 18.8 Å². The number of pyridine rings is 1. The molecule has 0 aliphatic carbocycles. The maximum absolute atomic E-state index is 11.7. The summed E-state index contributed by atoms with van der Waals surface area (Å²) < 4.78 is 0. The second-order valence-electron chi connectivity index (χ2n) is 4.23.